The zero-order valence-corrected chi connectivity index (χ0v) is 26.5. The fourth-order valence-electron chi connectivity index (χ4n) is 6.69. The molecule has 1 aromatic heterocycles. The summed E-state index contributed by atoms with van der Waals surface area (Å²) >= 11 is 0. The smallest absolute Gasteiger partial charge is 0.336 e. The first-order valence-corrected chi connectivity index (χ1v) is 15.2. The maximum absolute atomic E-state index is 13.1. The van der Waals surface area contributed by atoms with E-state index in [1.807, 2.05) is 44.5 Å². The van der Waals surface area contributed by atoms with Crippen molar-refractivity contribution in [2.75, 3.05) is 20.3 Å². The van der Waals surface area contributed by atoms with Gasteiger partial charge in [-0.05, 0) is 105 Å². The van der Waals surface area contributed by atoms with Gasteiger partial charge in [-0.3, -0.25) is 4.79 Å². The van der Waals surface area contributed by atoms with Gasteiger partial charge < -0.3 is 19.9 Å². The molecule has 1 aliphatic rings. The van der Waals surface area contributed by atoms with Gasteiger partial charge in [0.15, 0.2) is 0 Å². The Morgan fingerprint density at radius 2 is 1.82 bits per heavy atom. The van der Waals surface area contributed by atoms with E-state index in [1.165, 1.54) is 18.2 Å². The minimum absolute atomic E-state index is 0.234. The molecule has 0 radical (unpaired) electrons. The van der Waals surface area contributed by atoms with Crippen LogP contribution >= 0.6 is 0 Å². The summed E-state index contributed by atoms with van der Waals surface area (Å²) < 4.78 is 13.1. The van der Waals surface area contributed by atoms with E-state index >= 15 is 0 Å². The van der Waals surface area contributed by atoms with Crippen LogP contribution in [0.15, 0.2) is 42.5 Å². The number of methoxy groups -OCH3 is 1. The number of benzene rings is 3. The Bertz CT molecular complexity index is 1680. The van der Waals surface area contributed by atoms with E-state index in [1.54, 1.807) is 0 Å². The lowest BCUT2D eigenvalue weighted by Gasteiger charge is -2.34. The molecule has 1 unspecified atom stereocenters. The number of hydrogen-bond donors (Lipinski definition) is 2. The molecule has 0 amide bonds. The van der Waals surface area contributed by atoms with Crippen LogP contribution in [-0.2, 0) is 40.4 Å². The first-order valence-electron chi connectivity index (χ1n) is 15.2. The minimum Gasteiger partial charge on any atom is -0.478 e. The summed E-state index contributed by atoms with van der Waals surface area (Å²) in [5.41, 5.74) is 9.45. The second kappa shape index (κ2) is 12.9. The summed E-state index contributed by atoms with van der Waals surface area (Å²) in [5.74, 6) is -1.40. The molecule has 2 N–H and O–H groups in total. The molecule has 9 nitrogen and oxygen atoms in total. The number of carbonyl (C=O) groups is 2. The number of ether oxygens (including phenoxy) is 2. The topological polar surface area (TPSA) is 116 Å². The number of rotatable bonds is 11. The molecule has 9 heteroatoms. The Labute approximate surface area is 258 Å². The molecule has 0 bridgehead atoms. The number of carboxylic acids is 1. The van der Waals surface area contributed by atoms with E-state index in [4.69, 9.17) is 9.47 Å². The van der Waals surface area contributed by atoms with Crippen molar-refractivity contribution in [3.05, 3.63) is 92.5 Å². The van der Waals surface area contributed by atoms with E-state index in [2.05, 4.69) is 52.9 Å². The monoisotopic (exact) mass is 598 g/mol. The maximum Gasteiger partial charge on any atom is 0.336 e. The van der Waals surface area contributed by atoms with E-state index in [0.29, 0.717) is 25.3 Å². The highest BCUT2D eigenvalue weighted by Crippen LogP contribution is 2.44. The van der Waals surface area contributed by atoms with Crippen LogP contribution in [0.1, 0.15) is 81.1 Å². The molecular weight excluding hydrogens is 556 g/mol. The van der Waals surface area contributed by atoms with Crippen LogP contribution < -0.4 is 5.32 Å². The van der Waals surface area contributed by atoms with Crippen molar-refractivity contribution in [3.8, 4) is 0 Å². The van der Waals surface area contributed by atoms with Gasteiger partial charge in [-0.1, -0.05) is 41.6 Å². The molecule has 1 aliphatic heterocycles. The number of carboxylic acid groups (broad SMARTS) is 1. The Balaban J connectivity index is 1.34. The zero-order valence-electron chi connectivity index (χ0n) is 26.5. The number of hydrogen-bond acceptors (Lipinski definition) is 7. The molecule has 1 atom stereocenters. The third kappa shape index (κ3) is 6.12. The Hall–Kier alpha value is -4.08. The largest absolute Gasteiger partial charge is 0.478 e. The lowest BCUT2D eigenvalue weighted by atomic mass is 9.69. The highest BCUT2D eigenvalue weighted by Gasteiger charge is 2.41. The van der Waals surface area contributed by atoms with Crippen molar-refractivity contribution in [2.24, 2.45) is 5.41 Å². The van der Waals surface area contributed by atoms with Crippen LogP contribution in [0.2, 0.25) is 0 Å². The predicted molar refractivity (Wildman–Crippen MR) is 169 cm³/mol. The van der Waals surface area contributed by atoms with Crippen LogP contribution in [0, 0.1) is 26.2 Å². The van der Waals surface area contributed by atoms with Crippen molar-refractivity contribution in [3.63, 3.8) is 0 Å². The van der Waals surface area contributed by atoms with Crippen LogP contribution in [-0.4, -0.2) is 52.3 Å². The molecule has 5 rings (SSSR count). The van der Waals surface area contributed by atoms with Gasteiger partial charge in [0.1, 0.15) is 5.52 Å². The van der Waals surface area contributed by atoms with Crippen LogP contribution in [0.3, 0.4) is 0 Å². The number of nitrogens with one attached hydrogen (secondary N) is 1. The van der Waals surface area contributed by atoms with Crippen molar-refractivity contribution in [2.45, 2.75) is 73.1 Å². The highest BCUT2D eigenvalue weighted by atomic mass is 16.5. The van der Waals surface area contributed by atoms with E-state index in [-0.39, 0.29) is 11.9 Å². The highest BCUT2D eigenvalue weighted by molar-refractivity contribution is 5.91. The van der Waals surface area contributed by atoms with Gasteiger partial charge in [0.2, 0.25) is 0 Å². The Kier molecular flexibility index (Phi) is 9.18. The van der Waals surface area contributed by atoms with Gasteiger partial charge in [0.05, 0.1) is 30.2 Å². The molecule has 0 aliphatic carbocycles. The average Bonchev–Trinajstić information content (AvgIpc) is 3.40. The van der Waals surface area contributed by atoms with Gasteiger partial charge in [0, 0.05) is 25.6 Å². The number of esters is 1. The first kappa shape index (κ1) is 31.3. The summed E-state index contributed by atoms with van der Waals surface area (Å²) in [6, 6.07) is 14.5. The summed E-state index contributed by atoms with van der Waals surface area (Å²) in [6.07, 6.45) is 1.74. The van der Waals surface area contributed by atoms with Gasteiger partial charge in [-0.25, -0.2) is 9.48 Å². The van der Waals surface area contributed by atoms with E-state index in [0.717, 1.165) is 70.3 Å². The second-order valence-electron chi connectivity index (χ2n) is 12.4. The fraction of sp³-hybridized carbons (Fsp3) is 0.429. The summed E-state index contributed by atoms with van der Waals surface area (Å²) in [6.45, 7) is 13.0. The fourth-order valence-corrected chi connectivity index (χ4v) is 6.69. The minimum atomic E-state index is -0.909. The molecule has 3 aromatic carbocycles. The Morgan fingerprint density at radius 3 is 2.52 bits per heavy atom. The SMILES string of the molecule is COC(=O)C(C)(C)C(c1ccc2c(c1)CNCC2)c1ccc2c(nnn2CCCOCc2cc(C)c(C(=O)O)c(C)c2)c1C. The van der Waals surface area contributed by atoms with E-state index < -0.39 is 11.4 Å². The standard InChI is InChI=1S/C35H42N4O5/c1-21-16-24(17-22(2)30(21)33(40)41)20-44-15-7-14-39-29-11-10-28(23(3)32(29)37-38-39)31(35(4,5)34(42)43-6)26-9-8-25-12-13-36-19-27(25)18-26/h8-11,16-18,31,36H,7,12-15,19-20H2,1-6H3,(H,40,41). The van der Waals surface area contributed by atoms with Gasteiger partial charge in [-0.15, -0.1) is 5.10 Å². The second-order valence-corrected chi connectivity index (χ2v) is 12.4. The molecule has 0 saturated carbocycles. The van der Waals surface area contributed by atoms with Crippen molar-refractivity contribution in [1.29, 1.82) is 0 Å². The molecule has 0 fully saturated rings. The molecular formula is C35H42N4O5. The molecule has 232 valence electrons. The number of aryl methyl sites for hydroxylation is 4. The van der Waals surface area contributed by atoms with Gasteiger partial charge in [0.25, 0.3) is 0 Å². The summed E-state index contributed by atoms with van der Waals surface area (Å²) in [4.78, 5) is 24.6. The van der Waals surface area contributed by atoms with Crippen molar-refractivity contribution >= 4 is 23.0 Å². The van der Waals surface area contributed by atoms with E-state index in [9.17, 15) is 14.7 Å². The molecule has 2 heterocycles. The zero-order chi connectivity index (χ0) is 31.6. The maximum atomic E-state index is 13.1. The predicted octanol–water partition coefficient (Wildman–Crippen LogP) is 5.64. The molecule has 0 saturated heterocycles. The number of nitrogens with zero attached hydrogens (tertiary/aromatic N) is 3. The lowest BCUT2D eigenvalue weighted by Crippen LogP contribution is -2.34. The quantitative estimate of drug-likeness (QED) is 0.168. The van der Waals surface area contributed by atoms with Crippen LogP contribution in [0.25, 0.3) is 11.0 Å². The number of aromatic carboxylic acids is 1. The lowest BCUT2D eigenvalue weighted by molar-refractivity contribution is -0.151. The van der Waals surface area contributed by atoms with Gasteiger partial charge >= 0.3 is 11.9 Å². The number of fused-ring (bicyclic) bond motifs is 2. The third-order valence-electron chi connectivity index (χ3n) is 8.91. The van der Waals surface area contributed by atoms with Crippen molar-refractivity contribution < 1.29 is 24.2 Å². The molecule has 4 aromatic rings. The molecule has 0 spiro atoms. The summed E-state index contributed by atoms with van der Waals surface area (Å²) in [5, 5.41) is 21.9. The number of carbonyl (C=O) groups excluding carboxylic acids is 1. The molecule has 44 heavy (non-hydrogen) atoms. The van der Waals surface area contributed by atoms with Crippen LogP contribution in [0.5, 0.6) is 0 Å². The van der Waals surface area contributed by atoms with Crippen LogP contribution in [0.4, 0.5) is 0 Å². The third-order valence-corrected chi connectivity index (χ3v) is 8.91. The van der Waals surface area contributed by atoms with Gasteiger partial charge in [-0.2, -0.15) is 0 Å². The summed E-state index contributed by atoms with van der Waals surface area (Å²) in [7, 11) is 1.44. The van der Waals surface area contributed by atoms with Crippen molar-refractivity contribution in [1.82, 2.24) is 20.3 Å². The first-order chi connectivity index (χ1) is 21.0. The normalized spacial score (nSPS) is 14.0. The number of aromatic nitrogens is 3. The Morgan fingerprint density at radius 1 is 1.07 bits per heavy atom. The average molecular weight is 599 g/mol.